The molecule has 0 atom stereocenters. The molecule has 0 saturated heterocycles. The lowest BCUT2D eigenvalue weighted by Gasteiger charge is -2.09. The second kappa shape index (κ2) is 8.18. The zero-order valence-corrected chi connectivity index (χ0v) is 18.6. The minimum Gasteiger partial charge on any atom is -0.264 e. The summed E-state index contributed by atoms with van der Waals surface area (Å²) in [5.41, 5.74) is 3.12. The van der Waals surface area contributed by atoms with Gasteiger partial charge in [0.25, 0.3) is 0 Å². The van der Waals surface area contributed by atoms with Crippen molar-refractivity contribution in [2.75, 3.05) is 6.26 Å². The highest BCUT2D eigenvalue weighted by molar-refractivity contribution is 7.99. The van der Waals surface area contributed by atoms with Crippen molar-refractivity contribution in [3.63, 3.8) is 0 Å². The average molecular weight is 460 g/mol. The molecule has 0 bridgehead atoms. The quantitative estimate of drug-likeness (QED) is 0.360. The van der Waals surface area contributed by atoms with Crippen LogP contribution in [0.25, 0.3) is 28.2 Å². The first-order valence-electron chi connectivity index (χ1n) is 9.68. The van der Waals surface area contributed by atoms with Gasteiger partial charge in [0.1, 0.15) is 5.03 Å². The van der Waals surface area contributed by atoms with Gasteiger partial charge in [0.05, 0.1) is 16.3 Å². The van der Waals surface area contributed by atoms with Crippen LogP contribution >= 0.6 is 11.8 Å². The number of hydrogen-bond donors (Lipinski definition) is 0. The van der Waals surface area contributed by atoms with E-state index in [0.717, 1.165) is 11.1 Å². The van der Waals surface area contributed by atoms with E-state index in [0.29, 0.717) is 16.4 Å². The van der Waals surface area contributed by atoms with E-state index in [-0.39, 0.29) is 15.4 Å². The van der Waals surface area contributed by atoms with Gasteiger partial charge in [-0.2, -0.15) is 5.10 Å². The molecule has 0 amide bonds. The monoisotopic (exact) mass is 459 g/mol. The number of thioether (sulfide) groups is 1. The Hall–Kier alpha value is -3.56. The van der Waals surface area contributed by atoms with E-state index in [1.54, 1.807) is 65.9 Å². The lowest BCUT2D eigenvalue weighted by Crippen LogP contribution is -2.05. The third-order valence-electron chi connectivity index (χ3n) is 4.95. The normalized spacial score (nSPS) is 11.7. The maximum atomic E-state index is 13.7. The third-order valence-corrected chi connectivity index (χ3v) is 7.55. The van der Waals surface area contributed by atoms with E-state index in [9.17, 15) is 8.42 Å². The number of fused-ring (bicyclic) bond motifs is 1. The molecular weight excluding hydrogens is 442 g/mol. The van der Waals surface area contributed by atoms with Crippen molar-refractivity contribution in [1.82, 2.24) is 24.6 Å². The first kappa shape index (κ1) is 20.3. The molecule has 7 nitrogen and oxygen atoms in total. The first-order chi connectivity index (χ1) is 15.6. The standard InChI is InChI=1S/C23H17N5O2S2/c1-31-23-21(32(29,30)18-9-3-2-4-10-18)22-26-19(16-7-5-11-24-14-16)13-20(28(22)27-23)17-8-6-12-25-15-17/h2-15H,1H3. The molecule has 5 rings (SSSR count). The molecule has 4 aromatic heterocycles. The summed E-state index contributed by atoms with van der Waals surface area (Å²) in [4.78, 5) is 13.4. The van der Waals surface area contributed by atoms with Gasteiger partial charge in [0, 0.05) is 35.9 Å². The summed E-state index contributed by atoms with van der Waals surface area (Å²) in [6, 6.07) is 17.6. The molecule has 32 heavy (non-hydrogen) atoms. The van der Waals surface area contributed by atoms with Crippen molar-refractivity contribution in [2.24, 2.45) is 0 Å². The number of benzene rings is 1. The Morgan fingerprint density at radius 3 is 2.19 bits per heavy atom. The van der Waals surface area contributed by atoms with E-state index in [1.807, 2.05) is 30.3 Å². The van der Waals surface area contributed by atoms with Crippen molar-refractivity contribution in [3.8, 4) is 22.5 Å². The van der Waals surface area contributed by atoms with E-state index in [1.165, 1.54) is 11.8 Å². The van der Waals surface area contributed by atoms with Gasteiger partial charge in [0.2, 0.25) is 9.84 Å². The fourth-order valence-corrected chi connectivity index (χ4v) is 5.86. The third kappa shape index (κ3) is 3.45. The van der Waals surface area contributed by atoms with Crippen molar-refractivity contribution >= 4 is 27.2 Å². The van der Waals surface area contributed by atoms with Crippen LogP contribution in [-0.2, 0) is 9.84 Å². The van der Waals surface area contributed by atoms with Gasteiger partial charge in [-0.1, -0.05) is 18.2 Å². The van der Waals surface area contributed by atoms with E-state index in [4.69, 9.17) is 4.98 Å². The Balaban J connectivity index is 1.88. The number of rotatable bonds is 5. The zero-order valence-electron chi connectivity index (χ0n) is 17.0. The lowest BCUT2D eigenvalue weighted by molar-refractivity contribution is 0.594. The summed E-state index contributed by atoms with van der Waals surface area (Å²) >= 11 is 1.27. The molecule has 4 heterocycles. The largest absolute Gasteiger partial charge is 0.264 e. The summed E-state index contributed by atoms with van der Waals surface area (Å²) in [5.74, 6) is 0. The van der Waals surface area contributed by atoms with Crippen LogP contribution < -0.4 is 0 Å². The van der Waals surface area contributed by atoms with Crippen LogP contribution in [0.4, 0.5) is 0 Å². The van der Waals surface area contributed by atoms with Gasteiger partial charge >= 0.3 is 0 Å². The van der Waals surface area contributed by atoms with Crippen molar-refractivity contribution in [3.05, 3.63) is 85.5 Å². The van der Waals surface area contributed by atoms with Crippen LogP contribution in [0.2, 0.25) is 0 Å². The number of nitrogens with zero attached hydrogens (tertiary/aromatic N) is 5. The van der Waals surface area contributed by atoms with E-state index < -0.39 is 9.84 Å². The molecule has 0 aliphatic heterocycles. The van der Waals surface area contributed by atoms with Gasteiger partial charge in [0.15, 0.2) is 10.5 Å². The summed E-state index contributed by atoms with van der Waals surface area (Å²) in [6.07, 6.45) is 8.58. The van der Waals surface area contributed by atoms with Crippen LogP contribution in [-0.4, -0.2) is 39.2 Å². The molecule has 1 aromatic carbocycles. The highest BCUT2D eigenvalue weighted by Crippen LogP contribution is 2.35. The molecule has 9 heteroatoms. The summed E-state index contributed by atoms with van der Waals surface area (Å²) in [5, 5.41) is 5.01. The number of hydrogen-bond acceptors (Lipinski definition) is 7. The van der Waals surface area contributed by atoms with Gasteiger partial charge < -0.3 is 0 Å². The van der Waals surface area contributed by atoms with Crippen molar-refractivity contribution in [2.45, 2.75) is 14.8 Å². The zero-order chi connectivity index (χ0) is 22.1. The van der Waals surface area contributed by atoms with Gasteiger partial charge in [-0.3, -0.25) is 9.97 Å². The molecule has 0 radical (unpaired) electrons. The van der Waals surface area contributed by atoms with Crippen LogP contribution in [0.1, 0.15) is 0 Å². The summed E-state index contributed by atoms with van der Waals surface area (Å²) < 4.78 is 28.9. The number of sulfone groups is 1. The molecule has 158 valence electrons. The first-order valence-corrected chi connectivity index (χ1v) is 12.4. The minimum atomic E-state index is -3.86. The lowest BCUT2D eigenvalue weighted by atomic mass is 10.1. The van der Waals surface area contributed by atoms with Crippen LogP contribution in [0.3, 0.4) is 0 Å². The van der Waals surface area contributed by atoms with E-state index in [2.05, 4.69) is 15.1 Å². The van der Waals surface area contributed by atoms with Gasteiger partial charge in [-0.05, 0) is 48.7 Å². The van der Waals surface area contributed by atoms with E-state index >= 15 is 0 Å². The van der Waals surface area contributed by atoms with Crippen molar-refractivity contribution < 1.29 is 8.42 Å². The molecule has 0 aliphatic rings. The Morgan fingerprint density at radius 1 is 0.875 bits per heavy atom. The average Bonchev–Trinajstić information content (AvgIpc) is 3.24. The minimum absolute atomic E-state index is 0.0899. The highest BCUT2D eigenvalue weighted by atomic mass is 32.2. The fraction of sp³-hybridized carbons (Fsp3) is 0.0435. The van der Waals surface area contributed by atoms with Crippen LogP contribution in [0.15, 0.2) is 100 Å². The predicted octanol–water partition coefficient (Wildman–Crippen LogP) is 4.41. The molecule has 0 spiro atoms. The summed E-state index contributed by atoms with van der Waals surface area (Å²) in [6.45, 7) is 0. The molecule has 0 N–H and O–H groups in total. The second-order valence-electron chi connectivity index (χ2n) is 6.90. The summed E-state index contributed by atoms with van der Waals surface area (Å²) in [7, 11) is -3.86. The van der Waals surface area contributed by atoms with Crippen LogP contribution in [0.5, 0.6) is 0 Å². The Morgan fingerprint density at radius 2 is 1.56 bits per heavy atom. The van der Waals surface area contributed by atoms with Crippen LogP contribution in [0, 0.1) is 0 Å². The molecule has 0 saturated carbocycles. The SMILES string of the molecule is CSc1nn2c(-c3cccnc3)cc(-c3cccnc3)nc2c1S(=O)(=O)c1ccccc1. The smallest absolute Gasteiger partial charge is 0.213 e. The fourth-order valence-electron chi connectivity index (χ4n) is 3.45. The Bertz CT molecular complexity index is 1500. The number of aromatic nitrogens is 5. The van der Waals surface area contributed by atoms with Gasteiger partial charge in [-0.25, -0.2) is 17.9 Å². The predicted molar refractivity (Wildman–Crippen MR) is 123 cm³/mol. The molecule has 0 fully saturated rings. The highest BCUT2D eigenvalue weighted by Gasteiger charge is 2.30. The maximum absolute atomic E-state index is 13.7. The molecule has 0 aliphatic carbocycles. The molecule has 0 unspecified atom stereocenters. The molecular formula is C23H17N5O2S2. The Kier molecular flexibility index (Phi) is 5.20. The van der Waals surface area contributed by atoms with Crippen molar-refractivity contribution in [1.29, 1.82) is 0 Å². The maximum Gasteiger partial charge on any atom is 0.213 e. The second-order valence-corrected chi connectivity index (χ2v) is 9.58. The molecule has 5 aromatic rings. The number of pyridine rings is 2. The van der Waals surface area contributed by atoms with Gasteiger partial charge in [-0.15, -0.1) is 11.8 Å². The Labute approximate surface area is 189 Å². The topological polar surface area (TPSA) is 90.1 Å².